The van der Waals surface area contributed by atoms with Gasteiger partial charge in [-0.05, 0) is 31.0 Å². The molecule has 0 aliphatic carbocycles. The average molecular weight is 506 g/mol. The zero-order valence-corrected chi connectivity index (χ0v) is 19.6. The Morgan fingerprint density at radius 3 is 2.50 bits per heavy atom. The van der Waals surface area contributed by atoms with Crippen LogP contribution in [-0.4, -0.2) is 77.6 Å². The fraction of sp³-hybridized carbons (Fsp3) is 0.650. The van der Waals surface area contributed by atoms with E-state index in [1.165, 1.54) is 5.56 Å². The number of guanidine groups is 1. The molecule has 1 aliphatic heterocycles. The van der Waals surface area contributed by atoms with Gasteiger partial charge in [-0.25, -0.2) is 0 Å². The number of ether oxygens (including phenoxy) is 3. The molecule has 0 aromatic heterocycles. The van der Waals surface area contributed by atoms with Gasteiger partial charge in [-0.1, -0.05) is 12.1 Å². The molecule has 7 nitrogen and oxygen atoms in total. The summed E-state index contributed by atoms with van der Waals surface area (Å²) in [6.07, 6.45) is 0.951. The lowest BCUT2D eigenvalue weighted by Gasteiger charge is -2.34. The van der Waals surface area contributed by atoms with Crippen LogP contribution < -0.4 is 15.4 Å². The fourth-order valence-corrected chi connectivity index (χ4v) is 3.09. The molecule has 1 unspecified atom stereocenters. The second-order valence-electron chi connectivity index (χ2n) is 6.43. The number of hydrogen-bond donors (Lipinski definition) is 2. The molecule has 0 bridgehead atoms. The molecule has 1 atom stereocenters. The highest BCUT2D eigenvalue weighted by Crippen LogP contribution is 2.24. The predicted molar refractivity (Wildman–Crippen MR) is 124 cm³/mol. The van der Waals surface area contributed by atoms with Crippen molar-refractivity contribution >= 4 is 29.9 Å². The summed E-state index contributed by atoms with van der Waals surface area (Å²) in [5, 5.41) is 6.70. The molecule has 160 valence electrons. The Bertz CT molecular complexity index is 551. The Balaban J connectivity index is 0.00000392. The second kappa shape index (κ2) is 14.8. The molecule has 28 heavy (non-hydrogen) atoms. The number of methoxy groups -OCH3 is 2. The van der Waals surface area contributed by atoms with Crippen LogP contribution in [0.5, 0.6) is 5.75 Å². The predicted octanol–water partition coefficient (Wildman–Crippen LogP) is 2.28. The summed E-state index contributed by atoms with van der Waals surface area (Å²) in [5.74, 6) is 1.72. The Morgan fingerprint density at radius 2 is 1.89 bits per heavy atom. The quantitative estimate of drug-likeness (QED) is 0.220. The van der Waals surface area contributed by atoms with E-state index in [0.29, 0.717) is 6.54 Å². The van der Waals surface area contributed by atoms with Gasteiger partial charge in [-0.2, -0.15) is 0 Å². The third kappa shape index (κ3) is 8.50. The normalized spacial score (nSPS) is 16.2. The van der Waals surface area contributed by atoms with Gasteiger partial charge in [0.25, 0.3) is 0 Å². The first-order valence-electron chi connectivity index (χ1n) is 9.75. The van der Waals surface area contributed by atoms with E-state index in [9.17, 15) is 0 Å². The van der Waals surface area contributed by atoms with Crippen molar-refractivity contribution in [1.82, 2.24) is 15.5 Å². The van der Waals surface area contributed by atoms with Crippen LogP contribution in [0.1, 0.15) is 24.9 Å². The smallest absolute Gasteiger partial charge is 0.191 e. The summed E-state index contributed by atoms with van der Waals surface area (Å²) in [7, 11) is 3.41. The topological polar surface area (TPSA) is 67.4 Å². The standard InChI is InChI=1S/C20H34N4O3.HI/c1-4-21-20(22-10-5-13-25-2)23-16-19(24-11-14-27-15-12-24)17-6-8-18(26-3)9-7-17;/h6-9,19H,4-5,10-16H2,1-3H3,(H2,21,22,23);1H. The zero-order valence-electron chi connectivity index (χ0n) is 17.3. The first-order valence-corrected chi connectivity index (χ1v) is 9.75. The fourth-order valence-electron chi connectivity index (χ4n) is 3.09. The molecule has 1 heterocycles. The Morgan fingerprint density at radius 1 is 1.18 bits per heavy atom. The molecule has 2 rings (SSSR count). The van der Waals surface area contributed by atoms with Gasteiger partial charge in [0.1, 0.15) is 5.75 Å². The molecule has 2 N–H and O–H groups in total. The zero-order chi connectivity index (χ0) is 19.3. The van der Waals surface area contributed by atoms with Gasteiger partial charge in [-0.3, -0.25) is 9.89 Å². The highest BCUT2D eigenvalue weighted by Gasteiger charge is 2.22. The minimum atomic E-state index is 0. The van der Waals surface area contributed by atoms with Gasteiger partial charge >= 0.3 is 0 Å². The summed E-state index contributed by atoms with van der Waals surface area (Å²) in [5.41, 5.74) is 1.25. The van der Waals surface area contributed by atoms with Crippen molar-refractivity contribution in [2.75, 3.05) is 66.8 Å². The number of nitrogens with zero attached hydrogens (tertiary/aromatic N) is 2. The third-order valence-corrected chi connectivity index (χ3v) is 4.57. The number of nitrogens with one attached hydrogen (secondary N) is 2. The van der Waals surface area contributed by atoms with Crippen LogP contribution in [0.15, 0.2) is 29.3 Å². The maximum absolute atomic E-state index is 5.53. The third-order valence-electron chi connectivity index (χ3n) is 4.57. The maximum atomic E-state index is 5.53. The van der Waals surface area contributed by atoms with E-state index in [-0.39, 0.29) is 30.0 Å². The lowest BCUT2D eigenvalue weighted by atomic mass is 10.0. The van der Waals surface area contributed by atoms with E-state index in [4.69, 9.17) is 19.2 Å². The van der Waals surface area contributed by atoms with Gasteiger partial charge in [0.2, 0.25) is 0 Å². The van der Waals surface area contributed by atoms with Crippen molar-refractivity contribution in [3.05, 3.63) is 29.8 Å². The first kappa shape index (κ1) is 24.9. The molecule has 0 saturated carbocycles. The van der Waals surface area contributed by atoms with Crippen LogP contribution in [0.4, 0.5) is 0 Å². The minimum absolute atomic E-state index is 0. The van der Waals surface area contributed by atoms with Gasteiger partial charge in [0.15, 0.2) is 5.96 Å². The molecular weight excluding hydrogens is 471 g/mol. The molecule has 0 radical (unpaired) electrons. The SMILES string of the molecule is CCNC(=NCC(c1ccc(OC)cc1)N1CCOCC1)NCCCOC.I. The van der Waals surface area contributed by atoms with Crippen LogP contribution in [-0.2, 0) is 9.47 Å². The monoisotopic (exact) mass is 506 g/mol. The summed E-state index contributed by atoms with van der Waals surface area (Å²) >= 11 is 0. The van der Waals surface area contributed by atoms with E-state index in [2.05, 4.69) is 34.6 Å². The summed E-state index contributed by atoms with van der Waals surface area (Å²) in [6.45, 7) is 8.56. The largest absolute Gasteiger partial charge is 0.497 e. The van der Waals surface area contributed by atoms with Crippen molar-refractivity contribution in [2.24, 2.45) is 4.99 Å². The van der Waals surface area contributed by atoms with Crippen LogP contribution in [0, 0.1) is 0 Å². The first-order chi connectivity index (χ1) is 13.3. The molecule has 1 aromatic rings. The van der Waals surface area contributed by atoms with Crippen molar-refractivity contribution in [1.29, 1.82) is 0 Å². The van der Waals surface area contributed by atoms with Crippen LogP contribution in [0.3, 0.4) is 0 Å². The van der Waals surface area contributed by atoms with E-state index < -0.39 is 0 Å². The Kier molecular flexibility index (Phi) is 13.2. The van der Waals surface area contributed by atoms with Crippen molar-refractivity contribution in [2.45, 2.75) is 19.4 Å². The summed E-state index contributed by atoms with van der Waals surface area (Å²) < 4.78 is 15.9. The summed E-state index contributed by atoms with van der Waals surface area (Å²) in [6, 6.07) is 8.51. The van der Waals surface area contributed by atoms with Crippen molar-refractivity contribution in [3.63, 3.8) is 0 Å². The van der Waals surface area contributed by atoms with Gasteiger partial charge in [0, 0.05) is 39.9 Å². The molecule has 1 aliphatic rings. The summed E-state index contributed by atoms with van der Waals surface area (Å²) in [4.78, 5) is 7.29. The average Bonchev–Trinajstić information content (AvgIpc) is 2.72. The molecule has 0 spiro atoms. The van der Waals surface area contributed by atoms with Crippen molar-refractivity contribution < 1.29 is 14.2 Å². The van der Waals surface area contributed by atoms with Crippen molar-refractivity contribution in [3.8, 4) is 5.75 Å². The molecule has 1 fully saturated rings. The molecule has 8 heteroatoms. The minimum Gasteiger partial charge on any atom is -0.497 e. The van der Waals surface area contributed by atoms with Crippen LogP contribution >= 0.6 is 24.0 Å². The highest BCUT2D eigenvalue weighted by atomic mass is 127. The molecule has 0 amide bonds. The molecular formula is C20H35IN4O3. The van der Waals surface area contributed by atoms with E-state index >= 15 is 0 Å². The molecule has 1 aromatic carbocycles. The van der Waals surface area contributed by atoms with E-state index in [1.807, 2.05) is 12.1 Å². The van der Waals surface area contributed by atoms with Gasteiger partial charge in [-0.15, -0.1) is 24.0 Å². The Hall–Kier alpha value is -1.10. The number of benzene rings is 1. The number of hydrogen-bond acceptors (Lipinski definition) is 5. The number of rotatable bonds is 10. The van der Waals surface area contributed by atoms with Gasteiger partial charge < -0.3 is 24.8 Å². The van der Waals surface area contributed by atoms with Crippen LogP contribution in [0.25, 0.3) is 0 Å². The molecule has 1 saturated heterocycles. The van der Waals surface area contributed by atoms with Gasteiger partial charge in [0.05, 0.1) is 32.9 Å². The number of aliphatic imine (C=N–C) groups is 1. The van der Waals surface area contributed by atoms with Crippen LogP contribution in [0.2, 0.25) is 0 Å². The Labute approximate surface area is 186 Å². The number of halogens is 1. The highest BCUT2D eigenvalue weighted by molar-refractivity contribution is 14.0. The number of morpholine rings is 1. The second-order valence-corrected chi connectivity index (χ2v) is 6.43. The lowest BCUT2D eigenvalue weighted by molar-refractivity contribution is 0.0179. The maximum Gasteiger partial charge on any atom is 0.191 e. The van der Waals surface area contributed by atoms with E-state index in [1.54, 1.807) is 14.2 Å². The lowest BCUT2D eigenvalue weighted by Crippen LogP contribution is -2.42. The van der Waals surface area contributed by atoms with E-state index in [0.717, 1.165) is 64.1 Å².